The average molecular weight is 259 g/mol. The van der Waals surface area contributed by atoms with Gasteiger partial charge in [0.15, 0.2) is 11.3 Å². The molecule has 0 saturated heterocycles. The molecule has 0 fully saturated rings. The summed E-state index contributed by atoms with van der Waals surface area (Å²) in [6, 6.07) is 4.33. The van der Waals surface area contributed by atoms with Crippen LogP contribution in [-0.2, 0) is 19.4 Å². The molecule has 0 atom stereocenters. The number of ether oxygens (including phenoxy) is 1. The highest BCUT2D eigenvalue weighted by Crippen LogP contribution is 2.43. The Hall–Kier alpha value is -1.48. The molecule has 102 valence electrons. The summed E-state index contributed by atoms with van der Waals surface area (Å²) in [5.41, 5.74) is 9.03. The molecule has 3 rings (SSSR count). The molecule has 2 N–H and O–H groups in total. The number of hydrogen-bond acceptors (Lipinski definition) is 3. The van der Waals surface area contributed by atoms with Gasteiger partial charge in [0.2, 0.25) is 0 Å². The van der Waals surface area contributed by atoms with Gasteiger partial charge in [0, 0.05) is 22.9 Å². The molecule has 3 heteroatoms. The lowest BCUT2D eigenvalue weighted by molar-refractivity contribution is 0.138. The summed E-state index contributed by atoms with van der Waals surface area (Å²) in [4.78, 5) is 0. The van der Waals surface area contributed by atoms with E-state index in [0.29, 0.717) is 6.54 Å². The molecule has 0 saturated carbocycles. The van der Waals surface area contributed by atoms with Crippen molar-refractivity contribution in [1.29, 1.82) is 0 Å². The van der Waals surface area contributed by atoms with E-state index in [4.69, 9.17) is 14.9 Å². The molecule has 1 aromatic carbocycles. The highest BCUT2D eigenvalue weighted by molar-refractivity contribution is 5.89. The Morgan fingerprint density at radius 2 is 2.11 bits per heavy atom. The van der Waals surface area contributed by atoms with E-state index in [-0.39, 0.29) is 5.60 Å². The van der Waals surface area contributed by atoms with Crippen LogP contribution in [0.25, 0.3) is 11.0 Å². The number of hydrogen-bond donors (Lipinski definition) is 1. The van der Waals surface area contributed by atoms with Crippen LogP contribution in [0.3, 0.4) is 0 Å². The Balaban J connectivity index is 2.21. The van der Waals surface area contributed by atoms with Crippen LogP contribution in [0.2, 0.25) is 0 Å². The summed E-state index contributed by atoms with van der Waals surface area (Å²) in [6.07, 6.45) is 3.02. The second-order valence-corrected chi connectivity index (χ2v) is 5.93. The Labute approximate surface area is 113 Å². The zero-order valence-electron chi connectivity index (χ0n) is 11.9. The van der Waals surface area contributed by atoms with Gasteiger partial charge in [-0.1, -0.05) is 25.5 Å². The number of aryl methyl sites for hydroxylation is 1. The number of rotatable bonds is 3. The van der Waals surface area contributed by atoms with Crippen LogP contribution in [0.15, 0.2) is 16.5 Å². The van der Waals surface area contributed by atoms with Crippen LogP contribution >= 0.6 is 0 Å². The van der Waals surface area contributed by atoms with Gasteiger partial charge in [-0.15, -0.1) is 0 Å². The maximum absolute atomic E-state index is 6.06. The van der Waals surface area contributed by atoms with Crippen molar-refractivity contribution in [1.82, 2.24) is 0 Å². The van der Waals surface area contributed by atoms with Gasteiger partial charge in [0.1, 0.15) is 11.4 Å². The first-order valence-corrected chi connectivity index (χ1v) is 7.01. The van der Waals surface area contributed by atoms with Crippen molar-refractivity contribution in [2.45, 2.75) is 52.2 Å². The topological polar surface area (TPSA) is 48.4 Å². The predicted molar refractivity (Wildman–Crippen MR) is 76.5 cm³/mol. The van der Waals surface area contributed by atoms with Gasteiger partial charge >= 0.3 is 0 Å². The van der Waals surface area contributed by atoms with E-state index < -0.39 is 0 Å². The van der Waals surface area contributed by atoms with Crippen molar-refractivity contribution in [3.63, 3.8) is 0 Å². The molecule has 1 aromatic heterocycles. The number of benzene rings is 1. The molecule has 3 nitrogen and oxygen atoms in total. The summed E-state index contributed by atoms with van der Waals surface area (Å²) in [5, 5.41) is 1.17. The zero-order valence-corrected chi connectivity index (χ0v) is 11.9. The first kappa shape index (κ1) is 12.5. The quantitative estimate of drug-likeness (QED) is 0.916. The van der Waals surface area contributed by atoms with Crippen LogP contribution in [0.1, 0.15) is 44.1 Å². The fourth-order valence-corrected chi connectivity index (χ4v) is 2.99. The lowest BCUT2D eigenvalue weighted by Crippen LogP contribution is -2.24. The van der Waals surface area contributed by atoms with E-state index in [9.17, 15) is 0 Å². The highest BCUT2D eigenvalue weighted by atomic mass is 16.5. The molecule has 1 aliphatic heterocycles. The standard InChI is InChI=1S/C16H21NO2/c1-4-5-11-12-7-6-10-8-16(2,3)19-14(10)15(12)18-13(11)9-17/h6-7H,4-5,8-9,17H2,1-3H3. The molecular weight excluding hydrogens is 238 g/mol. The van der Waals surface area contributed by atoms with Gasteiger partial charge in [-0.05, 0) is 20.3 Å². The van der Waals surface area contributed by atoms with Crippen LogP contribution in [0.5, 0.6) is 5.75 Å². The van der Waals surface area contributed by atoms with E-state index in [2.05, 4.69) is 32.9 Å². The summed E-state index contributed by atoms with van der Waals surface area (Å²) in [7, 11) is 0. The Kier molecular flexibility index (Phi) is 2.82. The van der Waals surface area contributed by atoms with Crippen molar-refractivity contribution in [3.05, 3.63) is 29.0 Å². The smallest absolute Gasteiger partial charge is 0.176 e. The second-order valence-electron chi connectivity index (χ2n) is 5.93. The fraction of sp³-hybridized carbons (Fsp3) is 0.500. The summed E-state index contributed by atoms with van der Waals surface area (Å²) < 4.78 is 12.1. The molecular formula is C16H21NO2. The third-order valence-electron chi connectivity index (χ3n) is 3.76. The van der Waals surface area contributed by atoms with Gasteiger partial charge in [0.25, 0.3) is 0 Å². The maximum atomic E-state index is 6.06. The molecule has 2 aromatic rings. The van der Waals surface area contributed by atoms with E-state index in [0.717, 1.165) is 36.4 Å². The number of nitrogens with two attached hydrogens (primary N) is 1. The van der Waals surface area contributed by atoms with Gasteiger partial charge in [-0.25, -0.2) is 0 Å². The van der Waals surface area contributed by atoms with Crippen LogP contribution in [-0.4, -0.2) is 5.60 Å². The Morgan fingerprint density at radius 3 is 2.79 bits per heavy atom. The van der Waals surface area contributed by atoms with E-state index in [1.54, 1.807) is 0 Å². The SMILES string of the molecule is CCCc1c(CN)oc2c3c(ccc12)CC(C)(C)O3. The third kappa shape index (κ3) is 1.93. The van der Waals surface area contributed by atoms with E-state index in [1.807, 2.05) is 0 Å². The Morgan fingerprint density at radius 1 is 1.32 bits per heavy atom. The summed E-state index contributed by atoms with van der Waals surface area (Å²) in [6.45, 7) is 6.84. The van der Waals surface area contributed by atoms with E-state index >= 15 is 0 Å². The minimum absolute atomic E-state index is 0.142. The van der Waals surface area contributed by atoms with Gasteiger partial charge < -0.3 is 14.9 Å². The summed E-state index contributed by atoms with van der Waals surface area (Å²) >= 11 is 0. The van der Waals surface area contributed by atoms with Gasteiger partial charge in [0.05, 0.1) is 6.54 Å². The first-order valence-electron chi connectivity index (χ1n) is 7.01. The second kappa shape index (κ2) is 4.27. The molecule has 0 radical (unpaired) electrons. The number of furan rings is 1. The lowest BCUT2D eigenvalue weighted by Gasteiger charge is -2.16. The average Bonchev–Trinajstić information content (AvgIpc) is 2.86. The van der Waals surface area contributed by atoms with Crippen LogP contribution in [0, 0.1) is 0 Å². The van der Waals surface area contributed by atoms with Crippen molar-refractivity contribution in [2.24, 2.45) is 5.73 Å². The van der Waals surface area contributed by atoms with Crippen molar-refractivity contribution < 1.29 is 9.15 Å². The van der Waals surface area contributed by atoms with Crippen LogP contribution in [0.4, 0.5) is 0 Å². The van der Waals surface area contributed by atoms with Crippen molar-refractivity contribution in [3.8, 4) is 5.75 Å². The van der Waals surface area contributed by atoms with Crippen LogP contribution < -0.4 is 10.5 Å². The van der Waals surface area contributed by atoms with Crippen molar-refractivity contribution >= 4 is 11.0 Å². The number of fused-ring (bicyclic) bond motifs is 3. The first-order chi connectivity index (χ1) is 9.05. The molecule has 0 aliphatic carbocycles. The molecule has 19 heavy (non-hydrogen) atoms. The highest BCUT2D eigenvalue weighted by Gasteiger charge is 2.33. The monoisotopic (exact) mass is 259 g/mol. The predicted octanol–water partition coefficient (Wildman–Crippen LogP) is 3.56. The van der Waals surface area contributed by atoms with Gasteiger partial charge in [-0.3, -0.25) is 0 Å². The molecule has 1 aliphatic rings. The maximum Gasteiger partial charge on any atom is 0.176 e. The Bertz CT molecular complexity index is 625. The molecule has 0 amide bonds. The third-order valence-corrected chi connectivity index (χ3v) is 3.76. The molecule has 0 bridgehead atoms. The molecule has 2 heterocycles. The molecule has 0 unspecified atom stereocenters. The van der Waals surface area contributed by atoms with Crippen molar-refractivity contribution in [2.75, 3.05) is 0 Å². The van der Waals surface area contributed by atoms with Gasteiger partial charge in [-0.2, -0.15) is 0 Å². The lowest BCUT2D eigenvalue weighted by atomic mass is 9.99. The minimum atomic E-state index is -0.142. The molecule has 0 spiro atoms. The van der Waals surface area contributed by atoms with E-state index in [1.165, 1.54) is 16.5 Å². The fourth-order valence-electron chi connectivity index (χ4n) is 2.99. The normalized spacial score (nSPS) is 16.6. The zero-order chi connectivity index (χ0) is 13.6. The minimum Gasteiger partial charge on any atom is -0.483 e. The summed E-state index contributed by atoms with van der Waals surface area (Å²) in [5.74, 6) is 1.82. The largest absolute Gasteiger partial charge is 0.483 e.